The van der Waals surface area contributed by atoms with E-state index in [1.54, 1.807) is 13.0 Å². The molecule has 2 aromatic rings. The number of aromatic nitrogens is 1. The molecule has 4 fully saturated rings. The van der Waals surface area contributed by atoms with Crippen LogP contribution in [0.15, 0.2) is 30.4 Å². The summed E-state index contributed by atoms with van der Waals surface area (Å²) in [7, 11) is -4.00. The Kier molecular flexibility index (Phi) is 9.84. The van der Waals surface area contributed by atoms with Crippen LogP contribution in [0.1, 0.15) is 115 Å². The second-order valence-electron chi connectivity index (χ2n) is 17.6. The van der Waals surface area contributed by atoms with E-state index in [9.17, 15) is 32.0 Å². The fraction of sp³-hybridized carbons (Fsp3) is 0.634. The Bertz CT molecular complexity index is 2100. The lowest BCUT2D eigenvalue weighted by molar-refractivity contribution is -0.141. The van der Waals surface area contributed by atoms with Crippen LogP contribution in [0, 0.1) is 17.7 Å². The molecule has 1 spiro atoms. The van der Waals surface area contributed by atoms with Gasteiger partial charge in [0, 0.05) is 29.2 Å². The molecule has 0 bridgehead atoms. The van der Waals surface area contributed by atoms with Gasteiger partial charge in [0.15, 0.2) is 0 Å². The quantitative estimate of drug-likeness (QED) is 0.324. The van der Waals surface area contributed by atoms with E-state index < -0.39 is 67.7 Å². The van der Waals surface area contributed by atoms with Crippen molar-refractivity contribution in [1.82, 2.24) is 25.2 Å². The average molecular weight is 794 g/mol. The summed E-state index contributed by atoms with van der Waals surface area (Å²) < 4.78 is 54.6. The van der Waals surface area contributed by atoms with E-state index in [1.807, 2.05) is 26.0 Å². The molecule has 3 saturated carbocycles. The number of rotatable bonds is 7. The highest BCUT2D eigenvalue weighted by Gasteiger charge is 2.64. The van der Waals surface area contributed by atoms with Crippen molar-refractivity contribution >= 4 is 44.7 Å². The molecule has 6 aliphatic rings. The Morgan fingerprint density at radius 1 is 1.11 bits per heavy atom. The zero-order chi connectivity index (χ0) is 39.6. The SMILES string of the molecule is CC(C)COC(=O)N[C@H]1CCCCC/C=C\[C@@H]2C[C@@]2(C(=O)NS(=O)(=O)C2(C)CC2)NC(=O)[C@@H]2C[C@]3(CCc4c(c(C5CC5)nc5ccc(F)cc45)O3)CN2C1=O. The third-order valence-electron chi connectivity index (χ3n) is 12.6. The van der Waals surface area contributed by atoms with E-state index in [1.165, 1.54) is 17.0 Å². The van der Waals surface area contributed by atoms with Gasteiger partial charge in [-0.3, -0.25) is 19.1 Å². The maximum atomic E-state index is 14.8. The topological polar surface area (TPSA) is 173 Å². The van der Waals surface area contributed by atoms with Crippen molar-refractivity contribution in [1.29, 1.82) is 0 Å². The first-order chi connectivity index (χ1) is 26.6. The van der Waals surface area contributed by atoms with Gasteiger partial charge in [0.25, 0.3) is 5.91 Å². The predicted octanol–water partition coefficient (Wildman–Crippen LogP) is 5.06. The Hall–Kier alpha value is -4.27. The number of allylic oxidation sites excluding steroid dienone is 1. The molecule has 1 saturated heterocycles. The number of hydrogen-bond donors (Lipinski definition) is 3. The van der Waals surface area contributed by atoms with Crippen LogP contribution in [0.2, 0.25) is 0 Å². The van der Waals surface area contributed by atoms with Crippen molar-refractivity contribution in [2.75, 3.05) is 13.2 Å². The summed E-state index contributed by atoms with van der Waals surface area (Å²) in [5.74, 6) is -1.86. The van der Waals surface area contributed by atoms with Gasteiger partial charge in [0.2, 0.25) is 21.8 Å². The number of sulfonamides is 1. The fourth-order valence-electron chi connectivity index (χ4n) is 8.59. The Morgan fingerprint density at radius 2 is 1.89 bits per heavy atom. The number of pyridine rings is 1. The summed E-state index contributed by atoms with van der Waals surface area (Å²) in [6.45, 7) is 5.60. The number of ether oxygens (including phenoxy) is 2. The summed E-state index contributed by atoms with van der Waals surface area (Å²) in [5, 5.41) is 6.39. The van der Waals surface area contributed by atoms with E-state index in [0.717, 1.165) is 36.9 Å². The molecule has 4 heterocycles. The standard InChI is InChI=1S/C41H52FN5O8S/c1-24(2)22-54-38(51)44-31-10-8-6-4-5-7-9-26-20-41(26,37(50)46-56(52,53)39(3)17-18-39)45-35(48)32-21-40(23-47(32)36(31)49)16-15-28-29-19-27(42)13-14-30(29)43-33(25-11-12-25)34(28)55-40/h7,9,13-14,19,24-26,31-32H,4-6,8,10-12,15-18,20-23H2,1-3H3,(H,44,51)(H,45,48)(H,46,50)/b9-7-/t26-,31+,32+,40-,41-/m1/s1. The number of halogens is 1. The Balaban J connectivity index is 1.14. The van der Waals surface area contributed by atoms with Gasteiger partial charge in [-0.1, -0.05) is 38.8 Å². The number of amides is 4. The maximum absolute atomic E-state index is 14.8. The van der Waals surface area contributed by atoms with Crippen molar-refractivity contribution in [2.45, 2.75) is 138 Å². The molecule has 3 N–H and O–H groups in total. The number of benzene rings is 1. The zero-order valence-electron chi connectivity index (χ0n) is 32.3. The number of nitrogens with one attached hydrogen (secondary N) is 3. The van der Waals surface area contributed by atoms with Crippen molar-refractivity contribution in [3.63, 3.8) is 0 Å². The number of nitrogens with zero attached hydrogens (tertiary/aromatic N) is 2. The van der Waals surface area contributed by atoms with Gasteiger partial charge in [-0.2, -0.15) is 0 Å². The van der Waals surface area contributed by atoms with Crippen LogP contribution >= 0.6 is 0 Å². The number of hydrogen-bond acceptors (Lipinski definition) is 9. The summed E-state index contributed by atoms with van der Waals surface area (Å²) in [5.41, 5.74) is -0.232. The lowest BCUT2D eigenvalue weighted by Crippen LogP contribution is -2.58. The number of aryl methyl sites for hydroxylation is 1. The Labute approximate surface area is 326 Å². The van der Waals surface area contributed by atoms with E-state index in [4.69, 9.17) is 14.5 Å². The number of alkyl carbamates (subject to hydrolysis) is 1. The first-order valence-electron chi connectivity index (χ1n) is 20.2. The van der Waals surface area contributed by atoms with Gasteiger partial charge < -0.3 is 25.0 Å². The average Bonchev–Trinajstić information content (AvgIpc) is 4.09. The monoisotopic (exact) mass is 793 g/mol. The number of fused-ring (bicyclic) bond motifs is 5. The molecule has 302 valence electrons. The lowest BCUT2D eigenvalue weighted by atomic mass is 9.86. The van der Waals surface area contributed by atoms with Crippen LogP contribution in [0.25, 0.3) is 10.9 Å². The van der Waals surface area contributed by atoms with Crippen LogP contribution in [0.5, 0.6) is 5.75 Å². The molecule has 56 heavy (non-hydrogen) atoms. The molecule has 0 radical (unpaired) electrons. The molecule has 3 aliphatic heterocycles. The lowest BCUT2D eigenvalue weighted by Gasteiger charge is -2.37. The minimum atomic E-state index is -4.00. The van der Waals surface area contributed by atoms with E-state index in [0.29, 0.717) is 61.6 Å². The molecular weight excluding hydrogens is 742 g/mol. The summed E-state index contributed by atoms with van der Waals surface area (Å²) in [4.78, 5) is 62.8. The molecule has 1 aromatic heterocycles. The van der Waals surface area contributed by atoms with Crippen molar-refractivity contribution in [3.05, 3.63) is 47.4 Å². The highest BCUT2D eigenvalue weighted by Crippen LogP contribution is 2.52. The highest BCUT2D eigenvalue weighted by molar-refractivity contribution is 7.91. The first-order valence-corrected chi connectivity index (χ1v) is 21.7. The van der Waals surface area contributed by atoms with E-state index in [-0.39, 0.29) is 43.6 Å². The second kappa shape index (κ2) is 14.3. The van der Waals surface area contributed by atoms with Gasteiger partial charge in [0.05, 0.1) is 29.1 Å². The second-order valence-corrected chi connectivity index (χ2v) is 19.8. The van der Waals surface area contributed by atoms with Crippen molar-refractivity contribution in [3.8, 4) is 5.75 Å². The van der Waals surface area contributed by atoms with Crippen LogP contribution in [0.3, 0.4) is 0 Å². The third kappa shape index (κ3) is 7.35. The van der Waals surface area contributed by atoms with Crippen LogP contribution in [0.4, 0.5) is 9.18 Å². The van der Waals surface area contributed by atoms with Crippen molar-refractivity contribution in [2.24, 2.45) is 11.8 Å². The molecular formula is C41H52FN5O8S. The fourth-order valence-corrected chi connectivity index (χ4v) is 9.90. The minimum Gasteiger partial charge on any atom is -0.483 e. The largest absolute Gasteiger partial charge is 0.483 e. The molecule has 13 nitrogen and oxygen atoms in total. The smallest absolute Gasteiger partial charge is 0.407 e. The molecule has 4 amide bonds. The normalized spacial score (nSPS) is 30.5. The van der Waals surface area contributed by atoms with Gasteiger partial charge in [0.1, 0.15) is 34.8 Å². The molecule has 3 aliphatic carbocycles. The summed E-state index contributed by atoms with van der Waals surface area (Å²) in [6.07, 6.45) is 10.2. The highest BCUT2D eigenvalue weighted by atomic mass is 32.2. The summed E-state index contributed by atoms with van der Waals surface area (Å²) >= 11 is 0. The first kappa shape index (κ1) is 38.6. The van der Waals surface area contributed by atoms with Crippen molar-refractivity contribution < 1.29 is 41.5 Å². The minimum absolute atomic E-state index is 0.0170. The predicted molar refractivity (Wildman–Crippen MR) is 204 cm³/mol. The third-order valence-corrected chi connectivity index (χ3v) is 14.8. The summed E-state index contributed by atoms with van der Waals surface area (Å²) in [6, 6.07) is 2.43. The Morgan fingerprint density at radius 3 is 2.62 bits per heavy atom. The molecule has 15 heteroatoms. The number of carbonyl (C=O) groups is 4. The number of carbonyl (C=O) groups excluding carboxylic acids is 4. The van der Waals surface area contributed by atoms with Gasteiger partial charge in [-0.25, -0.2) is 22.6 Å². The zero-order valence-corrected chi connectivity index (χ0v) is 33.1. The van der Waals surface area contributed by atoms with Crippen LogP contribution in [-0.4, -0.2) is 83.2 Å². The van der Waals surface area contributed by atoms with Gasteiger partial charge >= 0.3 is 6.09 Å². The van der Waals surface area contributed by atoms with Gasteiger partial charge in [-0.05, 0) is 95.2 Å². The van der Waals surface area contributed by atoms with E-state index >= 15 is 0 Å². The van der Waals surface area contributed by atoms with Crippen LogP contribution in [-0.2, 0) is 35.6 Å². The maximum Gasteiger partial charge on any atom is 0.407 e. The molecule has 8 rings (SSSR count). The van der Waals surface area contributed by atoms with Crippen LogP contribution < -0.4 is 20.1 Å². The van der Waals surface area contributed by atoms with Gasteiger partial charge in [-0.15, -0.1) is 0 Å². The van der Waals surface area contributed by atoms with E-state index in [2.05, 4.69) is 15.4 Å². The molecule has 1 aromatic carbocycles. The molecule has 0 unspecified atom stereocenters. The molecule has 5 atom stereocenters.